The largest absolute Gasteiger partial charge is 0.422 e. The molecule has 1 aliphatic rings. The van der Waals surface area contributed by atoms with Crippen LogP contribution in [0.15, 0.2) is 12.2 Å². The van der Waals surface area contributed by atoms with Crippen LogP contribution in [0.1, 0.15) is 111 Å². The fraction of sp³-hybridized carbons (Fsp3) is 0.792. The number of ketones is 1. The number of ether oxygens (including phenoxy) is 2. The highest BCUT2D eigenvalue weighted by Gasteiger charge is 2.46. The first-order chi connectivity index (χ1) is 13.9. The van der Waals surface area contributed by atoms with E-state index in [9.17, 15) is 14.4 Å². The number of carbonyl (C=O) groups is 3. The van der Waals surface area contributed by atoms with Gasteiger partial charge in [0.05, 0.1) is 0 Å². The van der Waals surface area contributed by atoms with Crippen molar-refractivity contribution in [3.05, 3.63) is 12.2 Å². The van der Waals surface area contributed by atoms with Gasteiger partial charge in [0.15, 0.2) is 5.78 Å². The Kier molecular flexibility index (Phi) is 12.6. The molecule has 0 unspecified atom stereocenters. The summed E-state index contributed by atoms with van der Waals surface area (Å²) in [4.78, 5) is 35.9. The molecule has 0 aromatic rings. The van der Waals surface area contributed by atoms with Gasteiger partial charge >= 0.3 is 11.9 Å². The number of carbonyl (C=O) groups excluding carboxylic acids is 3. The first kappa shape index (κ1) is 25.4. The van der Waals surface area contributed by atoms with Crippen LogP contribution in [-0.2, 0) is 23.9 Å². The van der Waals surface area contributed by atoms with Crippen molar-refractivity contribution in [2.75, 3.05) is 0 Å². The van der Waals surface area contributed by atoms with Gasteiger partial charge in [-0.05, 0) is 32.1 Å². The van der Waals surface area contributed by atoms with E-state index in [1.165, 1.54) is 58.8 Å². The molecule has 0 spiro atoms. The van der Waals surface area contributed by atoms with Crippen LogP contribution in [0.2, 0.25) is 0 Å². The topological polar surface area (TPSA) is 69.7 Å². The number of unbranched alkanes of at least 4 members (excludes halogenated alkanes) is 11. The number of esters is 2. The smallest absolute Gasteiger partial charge is 0.331 e. The average Bonchev–Trinajstić information content (AvgIpc) is 2.63. The minimum absolute atomic E-state index is 0.216. The highest BCUT2D eigenvalue weighted by molar-refractivity contribution is 6.15. The van der Waals surface area contributed by atoms with E-state index in [1.807, 2.05) is 0 Å². The fourth-order valence-corrected chi connectivity index (χ4v) is 3.50. The van der Waals surface area contributed by atoms with Crippen LogP contribution < -0.4 is 0 Å². The summed E-state index contributed by atoms with van der Waals surface area (Å²) in [5.41, 5.74) is 0. The maximum absolute atomic E-state index is 12.2. The maximum Gasteiger partial charge on any atom is 0.331 e. The summed E-state index contributed by atoms with van der Waals surface area (Å²) in [7, 11) is 0. The SMILES string of the molecule is CCCCCCCCC=CCCCCCCCC(=O)C1C(=O)OC(C)(C)OC1=O. The maximum atomic E-state index is 12.2. The Balaban J connectivity index is 1.99. The molecule has 29 heavy (non-hydrogen) atoms. The van der Waals surface area contributed by atoms with Gasteiger partial charge in [-0.2, -0.15) is 0 Å². The molecule has 0 saturated carbocycles. The molecule has 166 valence electrons. The summed E-state index contributed by atoms with van der Waals surface area (Å²) in [5.74, 6) is -4.66. The molecule has 1 saturated heterocycles. The third kappa shape index (κ3) is 11.2. The van der Waals surface area contributed by atoms with Crippen molar-refractivity contribution in [3.8, 4) is 0 Å². The van der Waals surface area contributed by atoms with Crippen LogP contribution in [0.25, 0.3) is 0 Å². The Labute approximate surface area is 176 Å². The van der Waals surface area contributed by atoms with Crippen molar-refractivity contribution >= 4 is 17.7 Å². The summed E-state index contributed by atoms with van der Waals surface area (Å²) in [5, 5.41) is 0. The Morgan fingerprint density at radius 3 is 1.76 bits per heavy atom. The molecular weight excluding hydrogens is 368 g/mol. The van der Waals surface area contributed by atoms with Gasteiger partial charge in [0.25, 0.3) is 5.79 Å². The van der Waals surface area contributed by atoms with Gasteiger partial charge in [0.2, 0.25) is 5.92 Å². The standard InChI is InChI=1S/C24H40O5/c1-4-5-6-7-8-9-10-11-12-13-14-15-16-17-18-19-20(25)21-22(26)28-24(2,3)29-23(21)27/h11-12,21H,4-10,13-19H2,1-3H3. The Bertz CT molecular complexity index is 515. The second-order valence-corrected chi connectivity index (χ2v) is 8.48. The van der Waals surface area contributed by atoms with Gasteiger partial charge in [-0.1, -0.05) is 70.4 Å². The number of rotatable bonds is 16. The van der Waals surface area contributed by atoms with Crippen LogP contribution in [0.3, 0.4) is 0 Å². The van der Waals surface area contributed by atoms with E-state index < -0.39 is 29.4 Å². The van der Waals surface area contributed by atoms with Crippen LogP contribution in [0.4, 0.5) is 0 Å². The molecule has 1 heterocycles. The van der Waals surface area contributed by atoms with Crippen LogP contribution in [-0.4, -0.2) is 23.5 Å². The first-order valence-corrected chi connectivity index (χ1v) is 11.5. The van der Waals surface area contributed by atoms with Crippen molar-refractivity contribution < 1.29 is 23.9 Å². The molecular formula is C24H40O5. The van der Waals surface area contributed by atoms with E-state index in [2.05, 4.69) is 19.1 Å². The molecule has 0 bridgehead atoms. The third-order valence-corrected chi connectivity index (χ3v) is 5.17. The minimum atomic E-state index is -1.40. The molecule has 0 atom stereocenters. The van der Waals surface area contributed by atoms with Crippen molar-refractivity contribution in [2.45, 2.75) is 116 Å². The molecule has 1 fully saturated rings. The normalized spacial score (nSPS) is 16.8. The molecule has 5 nitrogen and oxygen atoms in total. The monoisotopic (exact) mass is 408 g/mol. The van der Waals surface area contributed by atoms with E-state index in [1.54, 1.807) is 0 Å². The summed E-state index contributed by atoms with van der Waals surface area (Å²) >= 11 is 0. The fourth-order valence-electron chi connectivity index (χ4n) is 3.50. The molecule has 0 aliphatic carbocycles. The molecule has 1 aliphatic heterocycles. The molecule has 0 aromatic carbocycles. The summed E-state index contributed by atoms with van der Waals surface area (Å²) in [6.07, 6.45) is 20.1. The summed E-state index contributed by atoms with van der Waals surface area (Å²) < 4.78 is 9.99. The Hall–Kier alpha value is -1.65. The lowest BCUT2D eigenvalue weighted by atomic mass is 9.97. The van der Waals surface area contributed by atoms with Crippen molar-refractivity contribution in [3.63, 3.8) is 0 Å². The number of allylic oxidation sites excluding steroid dienone is 2. The average molecular weight is 409 g/mol. The van der Waals surface area contributed by atoms with Gasteiger partial charge < -0.3 is 9.47 Å². The predicted molar refractivity (Wildman–Crippen MR) is 114 cm³/mol. The van der Waals surface area contributed by atoms with Crippen molar-refractivity contribution in [1.82, 2.24) is 0 Å². The van der Waals surface area contributed by atoms with E-state index >= 15 is 0 Å². The quantitative estimate of drug-likeness (QED) is 0.135. The lowest BCUT2D eigenvalue weighted by Crippen LogP contribution is -2.49. The van der Waals surface area contributed by atoms with E-state index in [-0.39, 0.29) is 6.42 Å². The lowest BCUT2D eigenvalue weighted by Gasteiger charge is -2.32. The number of hydrogen-bond acceptors (Lipinski definition) is 5. The summed E-state index contributed by atoms with van der Waals surface area (Å²) in [6.45, 7) is 5.20. The number of hydrogen-bond donors (Lipinski definition) is 0. The second kappa shape index (κ2) is 14.4. The Morgan fingerprint density at radius 1 is 0.793 bits per heavy atom. The molecule has 0 radical (unpaired) electrons. The van der Waals surface area contributed by atoms with Gasteiger partial charge in [-0.15, -0.1) is 0 Å². The van der Waals surface area contributed by atoms with Crippen molar-refractivity contribution in [1.29, 1.82) is 0 Å². The van der Waals surface area contributed by atoms with E-state index in [4.69, 9.17) is 9.47 Å². The first-order valence-electron chi connectivity index (χ1n) is 11.5. The molecule has 5 heteroatoms. The minimum Gasteiger partial charge on any atom is -0.422 e. The number of cyclic esters (lactones) is 2. The van der Waals surface area contributed by atoms with Gasteiger partial charge in [-0.25, -0.2) is 0 Å². The number of Topliss-reactive ketones (excluding diaryl/α,β-unsaturated/α-hetero) is 1. The molecule has 0 N–H and O–H groups in total. The molecule has 0 aromatic heterocycles. The van der Waals surface area contributed by atoms with Crippen molar-refractivity contribution in [2.24, 2.45) is 5.92 Å². The second-order valence-electron chi connectivity index (χ2n) is 8.48. The predicted octanol–water partition coefficient (Wildman–Crippen LogP) is 6.05. The molecule has 0 amide bonds. The summed E-state index contributed by atoms with van der Waals surface area (Å²) in [6, 6.07) is 0. The lowest BCUT2D eigenvalue weighted by molar-refractivity contribution is -0.238. The van der Waals surface area contributed by atoms with Crippen LogP contribution in [0.5, 0.6) is 0 Å². The van der Waals surface area contributed by atoms with Crippen LogP contribution >= 0.6 is 0 Å². The van der Waals surface area contributed by atoms with Crippen LogP contribution in [0, 0.1) is 5.92 Å². The van der Waals surface area contributed by atoms with E-state index in [0.29, 0.717) is 6.42 Å². The highest BCUT2D eigenvalue weighted by atomic mass is 16.7. The zero-order valence-electron chi connectivity index (χ0n) is 18.7. The zero-order chi connectivity index (χ0) is 21.5. The van der Waals surface area contributed by atoms with Gasteiger partial charge in [0.1, 0.15) is 0 Å². The Morgan fingerprint density at radius 2 is 1.24 bits per heavy atom. The van der Waals surface area contributed by atoms with E-state index in [0.717, 1.165) is 32.1 Å². The highest BCUT2D eigenvalue weighted by Crippen LogP contribution is 2.25. The van der Waals surface area contributed by atoms with Gasteiger partial charge in [-0.3, -0.25) is 14.4 Å². The molecule has 1 rings (SSSR count). The zero-order valence-corrected chi connectivity index (χ0v) is 18.7. The third-order valence-electron chi connectivity index (χ3n) is 5.17. The van der Waals surface area contributed by atoms with Gasteiger partial charge in [0, 0.05) is 20.3 Å².